The van der Waals surface area contributed by atoms with Crippen molar-refractivity contribution >= 4 is 17.0 Å². The summed E-state index contributed by atoms with van der Waals surface area (Å²) in [5, 5.41) is 11.7. The largest absolute Gasteiger partial charge is 0.360 e. The highest BCUT2D eigenvalue weighted by atomic mass is 15.4. The van der Waals surface area contributed by atoms with Crippen molar-refractivity contribution in [2.24, 2.45) is 0 Å². The highest BCUT2D eigenvalue weighted by Crippen LogP contribution is 2.21. The quantitative estimate of drug-likeness (QED) is 0.599. The molecule has 23 heavy (non-hydrogen) atoms. The van der Waals surface area contributed by atoms with Crippen molar-refractivity contribution in [3.8, 4) is 5.69 Å². The number of imidazole rings is 1. The number of aromatic amines is 1. The zero-order valence-electron chi connectivity index (χ0n) is 12.4. The van der Waals surface area contributed by atoms with Gasteiger partial charge in [-0.1, -0.05) is 23.4 Å². The van der Waals surface area contributed by atoms with Crippen LogP contribution < -0.4 is 5.32 Å². The molecular formula is C15H14N8. The van der Waals surface area contributed by atoms with Crippen LogP contribution in [0.5, 0.6) is 0 Å². The number of para-hydroxylation sites is 1. The fraction of sp³-hybridized carbons (Fsp3) is 0.133. The summed E-state index contributed by atoms with van der Waals surface area (Å²) in [5.41, 5.74) is 3.19. The summed E-state index contributed by atoms with van der Waals surface area (Å²) < 4.78 is 1.75. The SMILES string of the molecule is CC(Nc1ncnc2nc[nH]c12)c1cn(-c2ccccc2)nn1. The fourth-order valence-electron chi connectivity index (χ4n) is 2.34. The molecule has 4 aromatic rings. The topological polar surface area (TPSA) is 97.2 Å². The molecule has 0 radical (unpaired) electrons. The molecule has 0 saturated carbocycles. The minimum Gasteiger partial charge on any atom is -0.360 e. The number of anilines is 1. The van der Waals surface area contributed by atoms with Crippen molar-refractivity contribution in [1.29, 1.82) is 0 Å². The highest BCUT2D eigenvalue weighted by molar-refractivity contribution is 5.82. The van der Waals surface area contributed by atoms with Crippen molar-refractivity contribution < 1.29 is 0 Å². The van der Waals surface area contributed by atoms with Crippen LogP contribution in [0.2, 0.25) is 0 Å². The minimum atomic E-state index is -0.0612. The van der Waals surface area contributed by atoms with Crippen molar-refractivity contribution in [2.75, 3.05) is 5.32 Å². The molecule has 4 rings (SSSR count). The van der Waals surface area contributed by atoms with E-state index in [4.69, 9.17) is 0 Å². The summed E-state index contributed by atoms with van der Waals surface area (Å²) in [6.45, 7) is 2.00. The maximum absolute atomic E-state index is 4.26. The van der Waals surface area contributed by atoms with E-state index in [1.54, 1.807) is 11.0 Å². The van der Waals surface area contributed by atoms with Gasteiger partial charge < -0.3 is 10.3 Å². The van der Waals surface area contributed by atoms with E-state index in [0.717, 1.165) is 16.9 Å². The van der Waals surface area contributed by atoms with Crippen LogP contribution in [-0.2, 0) is 0 Å². The van der Waals surface area contributed by atoms with E-state index in [2.05, 4.69) is 35.6 Å². The Labute approximate surface area is 131 Å². The summed E-state index contributed by atoms with van der Waals surface area (Å²) in [6.07, 6.45) is 4.98. The van der Waals surface area contributed by atoms with E-state index >= 15 is 0 Å². The molecule has 0 aliphatic heterocycles. The van der Waals surface area contributed by atoms with E-state index in [-0.39, 0.29) is 6.04 Å². The molecule has 0 bridgehead atoms. The lowest BCUT2D eigenvalue weighted by atomic mass is 10.2. The molecule has 0 aliphatic rings. The molecule has 114 valence electrons. The first-order valence-electron chi connectivity index (χ1n) is 7.19. The number of fused-ring (bicyclic) bond motifs is 1. The van der Waals surface area contributed by atoms with Gasteiger partial charge in [0, 0.05) is 0 Å². The average Bonchev–Trinajstić information content (AvgIpc) is 3.25. The van der Waals surface area contributed by atoms with Gasteiger partial charge in [0.25, 0.3) is 0 Å². The lowest BCUT2D eigenvalue weighted by Gasteiger charge is -2.11. The van der Waals surface area contributed by atoms with Crippen LogP contribution in [0.3, 0.4) is 0 Å². The Kier molecular flexibility index (Phi) is 3.19. The number of hydrogen-bond acceptors (Lipinski definition) is 6. The van der Waals surface area contributed by atoms with Crippen LogP contribution in [0.25, 0.3) is 16.9 Å². The normalized spacial score (nSPS) is 12.4. The Hall–Kier alpha value is -3.29. The Morgan fingerprint density at radius 1 is 1.13 bits per heavy atom. The predicted octanol–water partition coefficient (Wildman–Crippen LogP) is 2.11. The predicted molar refractivity (Wildman–Crippen MR) is 85.1 cm³/mol. The van der Waals surface area contributed by atoms with E-state index < -0.39 is 0 Å². The van der Waals surface area contributed by atoms with Crippen molar-refractivity contribution in [2.45, 2.75) is 13.0 Å². The van der Waals surface area contributed by atoms with Crippen molar-refractivity contribution in [3.05, 3.63) is 54.9 Å². The Bertz CT molecular complexity index is 927. The first kappa shape index (κ1) is 13.4. The summed E-state index contributed by atoms with van der Waals surface area (Å²) in [5.74, 6) is 0.689. The van der Waals surface area contributed by atoms with Gasteiger partial charge in [0.1, 0.15) is 17.5 Å². The smallest absolute Gasteiger partial charge is 0.182 e. The van der Waals surface area contributed by atoms with E-state index in [1.807, 2.05) is 43.5 Å². The summed E-state index contributed by atoms with van der Waals surface area (Å²) in [7, 11) is 0. The number of nitrogens with one attached hydrogen (secondary N) is 2. The van der Waals surface area contributed by atoms with Gasteiger partial charge in [0.15, 0.2) is 11.5 Å². The molecule has 0 fully saturated rings. The Morgan fingerprint density at radius 3 is 2.87 bits per heavy atom. The molecule has 1 atom stereocenters. The number of rotatable bonds is 4. The van der Waals surface area contributed by atoms with Gasteiger partial charge in [-0.05, 0) is 19.1 Å². The summed E-state index contributed by atoms with van der Waals surface area (Å²) in [4.78, 5) is 15.5. The van der Waals surface area contributed by atoms with Crippen LogP contribution in [0.1, 0.15) is 18.7 Å². The van der Waals surface area contributed by atoms with E-state index in [0.29, 0.717) is 11.5 Å². The van der Waals surface area contributed by atoms with Crippen LogP contribution in [0.15, 0.2) is 49.2 Å². The van der Waals surface area contributed by atoms with Crippen molar-refractivity contribution in [3.63, 3.8) is 0 Å². The van der Waals surface area contributed by atoms with Gasteiger partial charge >= 0.3 is 0 Å². The second-order valence-corrected chi connectivity index (χ2v) is 5.11. The molecule has 0 aliphatic carbocycles. The number of hydrogen-bond donors (Lipinski definition) is 2. The molecule has 0 amide bonds. The average molecular weight is 306 g/mol. The zero-order chi connectivity index (χ0) is 15.6. The number of benzene rings is 1. The number of nitrogens with zero attached hydrogens (tertiary/aromatic N) is 6. The molecular weight excluding hydrogens is 292 g/mol. The van der Waals surface area contributed by atoms with Gasteiger partial charge in [-0.15, -0.1) is 5.10 Å². The van der Waals surface area contributed by atoms with Gasteiger partial charge in [0.05, 0.1) is 24.3 Å². The van der Waals surface area contributed by atoms with Gasteiger partial charge in [0.2, 0.25) is 0 Å². The first-order valence-corrected chi connectivity index (χ1v) is 7.19. The highest BCUT2D eigenvalue weighted by Gasteiger charge is 2.14. The Morgan fingerprint density at radius 2 is 2.00 bits per heavy atom. The summed E-state index contributed by atoms with van der Waals surface area (Å²) >= 11 is 0. The van der Waals surface area contributed by atoms with Crippen molar-refractivity contribution in [1.82, 2.24) is 34.9 Å². The third-order valence-electron chi connectivity index (χ3n) is 3.55. The molecule has 2 N–H and O–H groups in total. The van der Waals surface area contributed by atoms with Crippen LogP contribution in [0.4, 0.5) is 5.82 Å². The second-order valence-electron chi connectivity index (χ2n) is 5.11. The van der Waals surface area contributed by atoms with Crippen LogP contribution in [-0.4, -0.2) is 34.9 Å². The second kappa shape index (κ2) is 5.48. The Balaban J connectivity index is 1.59. The van der Waals surface area contributed by atoms with Crippen LogP contribution >= 0.6 is 0 Å². The maximum atomic E-state index is 4.26. The molecule has 3 heterocycles. The zero-order valence-corrected chi connectivity index (χ0v) is 12.4. The standard InChI is InChI=1S/C15H14N8/c1-10(20-15-13-14(17-8-16-13)18-9-19-15)12-7-23(22-21-12)11-5-3-2-4-6-11/h2-10H,1H3,(H2,16,17,18,19,20). The third kappa shape index (κ3) is 2.50. The van der Waals surface area contributed by atoms with Gasteiger partial charge in [-0.25, -0.2) is 19.6 Å². The maximum Gasteiger partial charge on any atom is 0.182 e. The number of aromatic nitrogens is 7. The van der Waals surface area contributed by atoms with Gasteiger partial charge in [-0.3, -0.25) is 0 Å². The fourth-order valence-corrected chi connectivity index (χ4v) is 2.34. The lowest BCUT2D eigenvalue weighted by Crippen LogP contribution is -2.09. The van der Waals surface area contributed by atoms with Crippen LogP contribution in [0, 0.1) is 0 Å². The molecule has 3 aromatic heterocycles. The molecule has 8 nitrogen and oxygen atoms in total. The molecule has 0 spiro atoms. The first-order chi connectivity index (χ1) is 11.3. The third-order valence-corrected chi connectivity index (χ3v) is 3.55. The lowest BCUT2D eigenvalue weighted by molar-refractivity contribution is 0.780. The molecule has 1 unspecified atom stereocenters. The van der Waals surface area contributed by atoms with E-state index in [9.17, 15) is 0 Å². The molecule has 1 aromatic carbocycles. The minimum absolute atomic E-state index is 0.0612. The van der Waals surface area contributed by atoms with E-state index in [1.165, 1.54) is 6.33 Å². The number of H-pyrrole nitrogens is 1. The van der Waals surface area contributed by atoms with Gasteiger partial charge in [-0.2, -0.15) is 0 Å². The molecule has 0 saturated heterocycles. The monoisotopic (exact) mass is 306 g/mol. The molecule has 8 heteroatoms. The summed E-state index contributed by atoms with van der Waals surface area (Å²) in [6, 6.07) is 9.80.